The van der Waals surface area contributed by atoms with E-state index < -0.39 is 6.04 Å². The van der Waals surface area contributed by atoms with Crippen LogP contribution in [-0.4, -0.2) is 35.9 Å². The van der Waals surface area contributed by atoms with Crippen molar-refractivity contribution in [3.05, 3.63) is 16.1 Å². The Kier molecular flexibility index (Phi) is 5.52. The molecule has 2 amide bonds. The highest BCUT2D eigenvalue weighted by Crippen LogP contribution is 2.23. The summed E-state index contributed by atoms with van der Waals surface area (Å²) in [5.74, 6) is -0.246. The van der Waals surface area contributed by atoms with E-state index in [2.05, 4.69) is 20.9 Å². The molecular formula is C15H24N4O2S. The second-order valence-electron chi connectivity index (χ2n) is 6.18. The molecule has 1 atom stereocenters. The molecule has 122 valence electrons. The highest BCUT2D eigenvalue weighted by molar-refractivity contribution is 7.09. The summed E-state index contributed by atoms with van der Waals surface area (Å²) in [6.07, 6.45) is 2.61. The van der Waals surface area contributed by atoms with Crippen molar-refractivity contribution in [1.29, 1.82) is 0 Å². The number of nitrogens with one attached hydrogen (secondary N) is 3. The van der Waals surface area contributed by atoms with E-state index in [-0.39, 0.29) is 23.9 Å². The third-order valence-electron chi connectivity index (χ3n) is 3.72. The smallest absolute Gasteiger partial charge is 0.242 e. The Balaban J connectivity index is 1.85. The van der Waals surface area contributed by atoms with Gasteiger partial charge in [0.1, 0.15) is 11.0 Å². The molecule has 6 nitrogen and oxygen atoms in total. The molecule has 1 aromatic rings. The maximum absolute atomic E-state index is 12.1. The lowest BCUT2D eigenvalue weighted by molar-refractivity contribution is -0.128. The molecule has 0 unspecified atom stereocenters. The Hall–Kier alpha value is -1.47. The van der Waals surface area contributed by atoms with E-state index in [1.165, 1.54) is 0 Å². The Morgan fingerprint density at radius 3 is 2.95 bits per heavy atom. The number of hydrogen-bond donors (Lipinski definition) is 3. The monoisotopic (exact) mass is 324 g/mol. The van der Waals surface area contributed by atoms with Crippen molar-refractivity contribution in [2.75, 3.05) is 13.1 Å². The second-order valence-corrected chi connectivity index (χ2v) is 7.04. The number of nitrogens with zero attached hydrogens (tertiary/aromatic N) is 1. The van der Waals surface area contributed by atoms with Crippen molar-refractivity contribution in [2.24, 2.45) is 0 Å². The maximum Gasteiger partial charge on any atom is 0.242 e. The third-order valence-corrected chi connectivity index (χ3v) is 5.00. The van der Waals surface area contributed by atoms with Crippen LogP contribution in [0.3, 0.4) is 0 Å². The average molecular weight is 324 g/mol. The molecule has 2 heterocycles. The second kappa shape index (κ2) is 7.19. The number of hydrogen-bond acceptors (Lipinski definition) is 5. The van der Waals surface area contributed by atoms with Gasteiger partial charge < -0.3 is 10.6 Å². The zero-order valence-electron chi connectivity index (χ0n) is 13.4. The molecule has 1 fully saturated rings. The summed E-state index contributed by atoms with van der Waals surface area (Å²) >= 11 is 1.58. The quantitative estimate of drug-likeness (QED) is 0.756. The van der Waals surface area contributed by atoms with E-state index in [0.717, 1.165) is 23.5 Å². The van der Waals surface area contributed by atoms with Gasteiger partial charge in [0.15, 0.2) is 0 Å². The van der Waals surface area contributed by atoms with Crippen LogP contribution in [0.4, 0.5) is 0 Å². The van der Waals surface area contributed by atoms with Gasteiger partial charge in [0.05, 0.1) is 12.1 Å². The fourth-order valence-electron chi connectivity index (χ4n) is 2.34. The number of rotatable bonds is 5. The van der Waals surface area contributed by atoms with Crippen LogP contribution in [0, 0.1) is 6.92 Å². The van der Waals surface area contributed by atoms with Crippen LogP contribution in [-0.2, 0) is 15.1 Å². The van der Waals surface area contributed by atoms with Gasteiger partial charge in [-0.15, -0.1) is 11.3 Å². The molecule has 2 rings (SSSR count). The van der Waals surface area contributed by atoms with Gasteiger partial charge in [-0.25, -0.2) is 4.98 Å². The van der Waals surface area contributed by atoms with Crippen molar-refractivity contribution in [1.82, 2.24) is 20.9 Å². The molecule has 1 aliphatic rings. The predicted molar refractivity (Wildman–Crippen MR) is 86.7 cm³/mol. The normalized spacial score (nSPS) is 19.4. The van der Waals surface area contributed by atoms with Crippen LogP contribution in [0.1, 0.15) is 43.8 Å². The summed E-state index contributed by atoms with van der Waals surface area (Å²) in [6, 6.07) is -0.415. The summed E-state index contributed by atoms with van der Waals surface area (Å²) in [6.45, 7) is 6.80. The van der Waals surface area contributed by atoms with E-state index in [1.807, 2.05) is 26.2 Å². The maximum atomic E-state index is 12.1. The number of aromatic nitrogens is 1. The molecule has 0 saturated carbocycles. The number of carbonyl (C=O) groups excluding carboxylic acids is 2. The summed E-state index contributed by atoms with van der Waals surface area (Å²) in [4.78, 5) is 28.4. The van der Waals surface area contributed by atoms with E-state index in [9.17, 15) is 9.59 Å². The molecule has 1 aromatic heterocycles. The number of thiazole rings is 1. The first-order valence-corrected chi connectivity index (χ1v) is 8.51. The first-order valence-electron chi connectivity index (χ1n) is 7.63. The summed E-state index contributed by atoms with van der Waals surface area (Å²) < 4.78 is 0. The Morgan fingerprint density at radius 2 is 2.27 bits per heavy atom. The fourth-order valence-corrected chi connectivity index (χ4v) is 3.24. The van der Waals surface area contributed by atoms with E-state index >= 15 is 0 Å². The van der Waals surface area contributed by atoms with E-state index in [0.29, 0.717) is 13.0 Å². The van der Waals surface area contributed by atoms with Gasteiger partial charge in [0.2, 0.25) is 11.8 Å². The lowest BCUT2D eigenvalue weighted by atomic mass is 10.1. The molecule has 0 bridgehead atoms. The van der Waals surface area contributed by atoms with Gasteiger partial charge in [0.25, 0.3) is 0 Å². The van der Waals surface area contributed by atoms with Gasteiger partial charge in [-0.05, 0) is 40.0 Å². The minimum Gasteiger partial charge on any atom is -0.354 e. The van der Waals surface area contributed by atoms with Gasteiger partial charge in [-0.1, -0.05) is 0 Å². The third kappa shape index (κ3) is 4.51. The molecule has 7 heteroatoms. The predicted octanol–water partition coefficient (Wildman–Crippen LogP) is 1.06. The number of aryl methyl sites for hydroxylation is 1. The molecule has 22 heavy (non-hydrogen) atoms. The minimum atomic E-state index is -0.415. The zero-order valence-corrected chi connectivity index (χ0v) is 14.2. The first kappa shape index (κ1) is 16.9. The van der Waals surface area contributed by atoms with Crippen molar-refractivity contribution in [2.45, 2.75) is 51.6 Å². The minimum absolute atomic E-state index is 0.0827. The van der Waals surface area contributed by atoms with Crippen molar-refractivity contribution in [3.8, 4) is 0 Å². The van der Waals surface area contributed by atoms with Crippen molar-refractivity contribution < 1.29 is 9.59 Å². The van der Waals surface area contributed by atoms with Crippen LogP contribution in [0.2, 0.25) is 0 Å². The largest absolute Gasteiger partial charge is 0.354 e. The highest BCUT2D eigenvalue weighted by atomic mass is 32.1. The Labute approximate surface area is 135 Å². The first-order chi connectivity index (χ1) is 10.4. The molecule has 0 aliphatic carbocycles. The van der Waals surface area contributed by atoms with Crippen LogP contribution in [0.15, 0.2) is 5.38 Å². The standard InChI is InChI=1S/C15H24N4O2S/c1-10-9-22-14(18-10)15(2,3)17-8-12(20)19-11-6-4-5-7-16-13(11)21/h9,11,17H,4-8H2,1-3H3,(H,16,21)(H,19,20)/t11-/m0/s1. The molecule has 3 N–H and O–H groups in total. The SMILES string of the molecule is Cc1csc(C(C)(C)NCC(=O)N[C@H]2CCCCNC2=O)n1. The highest BCUT2D eigenvalue weighted by Gasteiger charge is 2.26. The number of carbonyl (C=O) groups is 2. The van der Waals surface area contributed by atoms with E-state index in [4.69, 9.17) is 0 Å². The average Bonchev–Trinajstić information content (AvgIpc) is 2.81. The lowest BCUT2D eigenvalue weighted by Crippen LogP contribution is -2.50. The topological polar surface area (TPSA) is 83.1 Å². The lowest BCUT2D eigenvalue weighted by Gasteiger charge is -2.24. The van der Waals surface area contributed by atoms with Gasteiger partial charge in [-0.2, -0.15) is 0 Å². The van der Waals surface area contributed by atoms with Crippen LogP contribution < -0.4 is 16.0 Å². The Bertz CT molecular complexity index is 541. The summed E-state index contributed by atoms with van der Waals surface area (Å²) in [5.41, 5.74) is 0.608. The summed E-state index contributed by atoms with van der Waals surface area (Å²) in [5, 5.41) is 11.8. The van der Waals surface area contributed by atoms with Crippen LogP contribution in [0.25, 0.3) is 0 Å². The van der Waals surface area contributed by atoms with Crippen molar-refractivity contribution in [3.63, 3.8) is 0 Å². The summed E-state index contributed by atoms with van der Waals surface area (Å²) in [7, 11) is 0. The molecule has 0 spiro atoms. The van der Waals surface area contributed by atoms with E-state index in [1.54, 1.807) is 11.3 Å². The molecule has 1 aliphatic heterocycles. The van der Waals surface area contributed by atoms with Gasteiger partial charge >= 0.3 is 0 Å². The molecule has 1 saturated heterocycles. The van der Waals surface area contributed by atoms with Gasteiger partial charge in [0, 0.05) is 17.6 Å². The fraction of sp³-hybridized carbons (Fsp3) is 0.667. The van der Waals surface area contributed by atoms with Crippen LogP contribution >= 0.6 is 11.3 Å². The number of amides is 2. The Morgan fingerprint density at radius 1 is 1.50 bits per heavy atom. The van der Waals surface area contributed by atoms with Gasteiger partial charge in [-0.3, -0.25) is 14.9 Å². The molecule has 0 aromatic carbocycles. The van der Waals surface area contributed by atoms with Crippen molar-refractivity contribution >= 4 is 23.2 Å². The molecule has 0 radical (unpaired) electrons. The van der Waals surface area contributed by atoms with Crippen LogP contribution in [0.5, 0.6) is 0 Å². The molecular weight excluding hydrogens is 300 g/mol. The zero-order chi connectivity index (χ0) is 16.2.